The van der Waals surface area contributed by atoms with Crippen molar-refractivity contribution in [2.24, 2.45) is 0 Å². The van der Waals surface area contributed by atoms with Crippen LogP contribution in [0, 0.1) is 18.3 Å². The standard InChI is InChI=1S/C29H31N7O2.C28H26N8O2.C28H29N7O3/c1-4-24(37)35-15-7-9-22(17-35)36-28-25(27(30)31-18-32-28)26(33-36)21-13-11-20(12-14-21)16-34(3)29(38)23-10-6-5-8-19(23)2;1-2-23(37)35-11-5-10-22(16-35)36-27-24(26(30)32-17-33-27)25(34-36)20-8-4-7-19(13-20)15-31-28(38)21-9-3-6-18(12-21)14-29;1-3-23(36)34-13-7-10-20(16-34)35-27-24(26(29)31-17-32-27)25(33-35)19-9-6-8-18(14-19)15-30-28(37)21-11-4-5-12-22(21)38-2/h4-6,8,10-14,18,22H,1,7,9,15-17H2,2-3H3,(H2,30,31,32);2-4,6-9,12-13,17,22H,1,5,10-11,15-16H2,(H,31,38)(H2,30,32,33);3-6,8-9,11-12,14,17,20H,1,7,10,13,15-16H2,2H3,(H,30,37)(H2,29,31,32). The Bertz CT molecular complexity index is 5710. The van der Waals surface area contributed by atoms with Crippen LogP contribution in [0.25, 0.3) is 66.9 Å². The van der Waals surface area contributed by atoms with Crippen molar-refractivity contribution in [2.75, 3.05) is 70.6 Å². The van der Waals surface area contributed by atoms with Gasteiger partial charge in [0.25, 0.3) is 17.7 Å². The van der Waals surface area contributed by atoms with Gasteiger partial charge in [0.2, 0.25) is 17.7 Å². The van der Waals surface area contributed by atoms with Gasteiger partial charge in [-0.3, -0.25) is 28.8 Å². The van der Waals surface area contributed by atoms with E-state index in [4.69, 9.17) is 42.5 Å². The number of anilines is 3. The Hall–Kier alpha value is -14.3. The summed E-state index contributed by atoms with van der Waals surface area (Å²) in [5.74, 6) is 0.745. The van der Waals surface area contributed by atoms with E-state index in [0.29, 0.717) is 148 Å². The summed E-state index contributed by atoms with van der Waals surface area (Å²) in [4.78, 5) is 108. The number of nitrogens with two attached hydrogens (primary N) is 3. The van der Waals surface area contributed by atoms with Crippen LogP contribution in [0.3, 0.4) is 0 Å². The maximum atomic E-state index is 12.9. The first-order valence-corrected chi connectivity index (χ1v) is 37.3. The smallest absolute Gasteiger partial charge is 0.255 e. The summed E-state index contributed by atoms with van der Waals surface area (Å²) in [5.41, 5.74) is 31.0. The van der Waals surface area contributed by atoms with Crippen molar-refractivity contribution in [3.05, 3.63) is 247 Å². The first-order valence-electron chi connectivity index (χ1n) is 37.3. The van der Waals surface area contributed by atoms with Gasteiger partial charge < -0.3 is 52.2 Å². The monoisotopic (exact) mass is 1530 g/mol. The first-order chi connectivity index (χ1) is 55.3. The van der Waals surface area contributed by atoms with Crippen molar-refractivity contribution in [1.29, 1.82) is 5.26 Å². The molecule has 0 spiro atoms. The Balaban J connectivity index is 0.000000149. The number of benzene rings is 6. The summed E-state index contributed by atoms with van der Waals surface area (Å²) in [5, 5.41) is 31.7. The lowest BCUT2D eigenvalue weighted by Crippen LogP contribution is -2.40. The number of ether oxygens (including phenoxy) is 1. The predicted octanol–water partition coefficient (Wildman–Crippen LogP) is 10.6. The van der Waals surface area contributed by atoms with Gasteiger partial charge in [0.1, 0.15) is 59.3 Å². The Morgan fingerprint density at radius 3 is 1.39 bits per heavy atom. The molecule has 8 N–H and O–H groups in total. The van der Waals surface area contributed by atoms with Crippen molar-refractivity contribution < 1.29 is 33.5 Å². The second-order valence-corrected chi connectivity index (χ2v) is 27.9. The number of likely N-dealkylation sites (tertiary alicyclic amines) is 3. The first kappa shape index (κ1) is 77.8. The number of nitrogen functional groups attached to an aromatic ring is 3. The van der Waals surface area contributed by atoms with Gasteiger partial charge in [-0.2, -0.15) is 20.6 Å². The van der Waals surface area contributed by atoms with Gasteiger partial charge >= 0.3 is 0 Å². The van der Waals surface area contributed by atoms with Gasteiger partial charge in [-0.25, -0.2) is 43.9 Å². The third kappa shape index (κ3) is 17.0. The van der Waals surface area contributed by atoms with Crippen molar-refractivity contribution in [1.82, 2.24) is 89.5 Å². The molecule has 0 aliphatic carbocycles. The fraction of sp³-hybridized carbons (Fsp3) is 0.247. The molecule has 3 aliphatic rings. The Morgan fingerprint density at radius 1 is 0.518 bits per heavy atom. The fourth-order valence-electron chi connectivity index (χ4n) is 14.7. The molecule has 0 saturated carbocycles. The van der Waals surface area contributed by atoms with Crippen LogP contribution in [0.2, 0.25) is 0 Å². The number of hydrogen-bond acceptors (Lipinski definition) is 20. The summed E-state index contributed by atoms with van der Waals surface area (Å²) >= 11 is 0. The minimum absolute atomic E-state index is 0.0155. The lowest BCUT2D eigenvalue weighted by Gasteiger charge is -2.32. The Labute approximate surface area is 657 Å². The number of methoxy groups -OCH3 is 1. The van der Waals surface area contributed by atoms with Crippen LogP contribution in [0.4, 0.5) is 17.5 Å². The van der Waals surface area contributed by atoms with Gasteiger partial charge in [0.05, 0.1) is 58.6 Å². The summed E-state index contributed by atoms with van der Waals surface area (Å²) in [6.45, 7) is 17.5. The third-order valence-corrected chi connectivity index (χ3v) is 20.5. The second-order valence-electron chi connectivity index (χ2n) is 27.9. The molecule has 12 aromatic rings. The molecule has 3 unspecified atom stereocenters. The highest BCUT2D eigenvalue weighted by molar-refractivity contribution is 6.02. The minimum Gasteiger partial charge on any atom is -0.496 e. The molecule has 9 heterocycles. The molecule has 6 aromatic carbocycles. The number of fused-ring (bicyclic) bond motifs is 3. The molecular formula is C85H86N22O7. The SMILES string of the molecule is C=CC(=O)N1CCCC(n2nc(-c3ccc(CN(C)C(=O)c4ccccc4C)cc3)c3c(N)ncnc32)C1.C=CC(=O)N1CCCC(n2nc(-c3cccc(CNC(=O)c4cccc(C#N)c4)c3)c3c(N)ncnc32)C1.C=CC(=O)N1CCCC(n2nc(-c3cccc(CNC(=O)c4ccccc4OC)c3)c3c(N)ncnc32)C1. The van der Waals surface area contributed by atoms with Crippen LogP contribution in [0.15, 0.2) is 203 Å². The summed E-state index contributed by atoms with van der Waals surface area (Å²) in [6.07, 6.45) is 13.5. The number of aromatic nitrogens is 12. The maximum absolute atomic E-state index is 12.9. The number of carbonyl (C=O) groups is 6. The number of nitriles is 1. The Morgan fingerprint density at radius 2 is 0.947 bits per heavy atom. The molecule has 15 rings (SSSR count). The molecule has 3 saturated heterocycles. The van der Waals surface area contributed by atoms with Crippen LogP contribution in [-0.4, -0.2) is 168 Å². The molecule has 29 nitrogen and oxygen atoms in total. The zero-order valence-corrected chi connectivity index (χ0v) is 63.5. The number of hydrogen-bond donors (Lipinski definition) is 5. The largest absolute Gasteiger partial charge is 0.496 e. The van der Waals surface area contributed by atoms with Crippen molar-refractivity contribution in [3.63, 3.8) is 0 Å². The lowest BCUT2D eigenvalue weighted by molar-refractivity contribution is -0.128. The highest BCUT2D eigenvalue weighted by Crippen LogP contribution is 2.38. The predicted molar refractivity (Wildman–Crippen MR) is 434 cm³/mol. The molecule has 3 aliphatic heterocycles. The van der Waals surface area contributed by atoms with E-state index in [-0.39, 0.29) is 60.1 Å². The molecule has 3 fully saturated rings. The molecule has 29 heteroatoms. The number of para-hydroxylation sites is 1. The highest BCUT2D eigenvalue weighted by Gasteiger charge is 2.32. The maximum Gasteiger partial charge on any atom is 0.255 e. The zero-order chi connectivity index (χ0) is 80.1. The number of rotatable bonds is 19. The second kappa shape index (κ2) is 35.2. The van der Waals surface area contributed by atoms with E-state index in [1.807, 2.05) is 130 Å². The average Bonchev–Trinajstić information content (AvgIpc) is 1.62. The van der Waals surface area contributed by atoms with Crippen LogP contribution in [0.1, 0.15) is 116 Å². The normalized spacial score (nSPS) is 15.3. The molecule has 578 valence electrons. The fourth-order valence-corrected chi connectivity index (χ4v) is 14.7. The molecule has 114 heavy (non-hydrogen) atoms. The van der Waals surface area contributed by atoms with E-state index in [1.165, 1.54) is 44.3 Å². The van der Waals surface area contributed by atoms with E-state index < -0.39 is 0 Å². The van der Waals surface area contributed by atoms with E-state index in [9.17, 15) is 28.8 Å². The zero-order valence-electron chi connectivity index (χ0n) is 63.5. The van der Waals surface area contributed by atoms with Crippen LogP contribution >= 0.6 is 0 Å². The van der Waals surface area contributed by atoms with E-state index in [2.05, 4.69) is 60.3 Å². The van der Waals surface area contributed by atoms with Gasteiger partial charge in [0, 0.05) is 93.8 Å². The lowest BCUT2D eigenvalue weighted by atomic mass is 10.1. The molecule has 6 amide bonds. The van der Waals surface area contributed by atoms with Crippen molar-refractivity contribution in [3.8, 4) is 45.6 Å². The van der Waals surface area contributed by atoms with Gasteiger partial charge in [-0.1, -0.05) is 117 Å². The van der Waals surface area contributed by atoms with E-state index in [0.717, 1.165) is 77.5 Å². The number of amides is 6. The number of piperidine rings is 3. The molecular weight excluding hydrogens is 1440 g/mol. The Kier molecular flexibility index (Phi) is 24.0. The van der Waals surface area contributed by atoms with E-state index >= 15 is 0 Å². The quantitative estimate of drug-likeness (QED) is 0.0470. The van der Waals surface area contributed by atoms with Gasteiger partial charge in [-0.05, 0) is 134 Å². The summed E-state index contributed by atoms with van der Waals surface area (Å²) in [6, 6.07) is 46.5. The van der Waals surface area contributed by atoms with E-state index in [1.54, 1.807) is 69.1 Å². The molecule has 0 radical (unpaired) electrons. The van der Waals surface area contributed by atoms with Gasteiger partial charge in [0.15, 0.2) is 16.9 Å². The number of nitrogens with zero attached hydrogens (tertiary/aromatic N) is 17. The molecule has 0 bridgehead atoms. The average molecular weight is 1530 g/mol. The van der Waals surface area contributed by atoms with Crippen molar-refractivity contribution >= 4 is 86.0 Å². The summed E-state index contributed by atoms with van der Waals surface area (Å²) < 4.78 is 10.9. The molecule has 6 aromatic heterocycles. The van der Waals surface area contributed by atoms with Crippen LogP contribution < -0.4 is 32.6 Å². The minimum atomic E-state index is -0.268. The van der Waals surface area contributed by atoms with Crippen LogP contribution in [0.5, 0.6) is 5.75 Å². The van der Waals surface area contributed by atoms with Crippen molar-refractivity contribution in [2.45, 2.75) is 83.2 Å². The highest BCUT2D eigenvalue weighted by atomic mass is 16.5. The topological polar surface area (TPSA) is 381 Å². The third-order valence-electron chi connectivity index (χ3n) is 20.5. The van der Waals surface area contributed by atoms with Gasteiger partial charge in [-0.15, -0.1) is 0 Å². The molecule has 3 atom stereocenters. The summed E-state index contributed by atoms with van der Waals surface area (Å²) in [7, 11) is 3.34. The van der Waals surface area contributed by atoms with Crippen LogP contribution in [-0.2, 0) is 34.0 Å². The number of carbonyl (C=O) groups excluding carboxylic acids is 6. The number of nitrogens with one attached hydrogen (secondary N) is 2. The number of aryl methyl sites for hydroxylation is 1.